The zero-order chi connectivity index (χ0) is 22.7. The zero-order valence-corrected chi connectivity index (χ0v) is 18.9. The third-order valence-electron chi connectivity index (χ3n) is 4.97. The van der Waals surface area contributed by atoms with E-state index in [4.69, 9.17) is 9.40 Å². The summed E-state index contributed by atoms with van der Waals surface area (Å²) in [6.07, 6.45) is 1.43. The molecule has 0 unspecified atom stereocenters. The second-order valence-corrected chi connectivity index (χ2v) is 8.61. The molecule has 2 aromatic heterocycles. The van der Waals surface area contributed by atoms with E-state index in [9.17, 15) is 9.59 Å². The molecule has 0 spiro atoms. The molecule has 0 bridgehead atoms. The van der Waals surface area contributed by atoms with Crippen LogP contribution in [-0.4, -0.2) is 35.3 Å². The molecule has 0 aliphatic carbocycles. The lowest BCUT2D eigenvalue weighted by molar-refractivity contribution is -0.116. The molecule has 2 aromatic carbocycles. The highest BCUT2D eigenvalue weighted by Gasteiger charge is 2.20. The summed E-state index contributed by atoms with van der Waals surface area (Å²) in [7, 11) is 1.56. The molecule has 7 heteroatoms. The number of likely N-dealkylation sites (N-methyl/N-ethyl adjacent to an activating group) is 1. The maximum Gasteiger partial charge on any atom is 0.289 e. The minimum atomic E-state index is -0.357. The molecule has 32 heavy (non-hydrogen) atoms. The molecule has 0 saturated carbocycles. The van der Waals surface area contributed by atoms with E-state index in [0.29, 0.717) is 5.13 Å². The number of carbonyl (C=O) groups is 2. The van der Waals surface area contributed by atoms with Gasteiger partial charge in [0.05, 0.1) is 16.8 Å². The molecule has 0 radical (unpaired) electrons. The summed E-state index contributed by atoms with van der Waals surface area (Å²) in [6.45, 7) is 3.97. The van der Waals surface area contributed by atoms with Gasteiger partial charge in [-0.15, -0.1) is 0 Å². The van der Waals surface area contributed by atoms with Crippen molar-refractivity contribution in [1.82, 2.24) is 9.88 Å². The van der Waals surface area contributed by atoms with Crippen molar-refractivity contribution in [2.24, 2.45) is 0 Å². The van der Waals surface area contributed by atoms with Crippen LogP contribution in [0, 0.1) is 13.8 Å². The quantitative estimate of drug-likeness (QED) is 0.431. The summed E-state index contributed by atoms with van der Waals surface area (Å²) in [4.78, 5) is 31.9. The topological polar surface area (TPSA) is 75.4 Å². The SMILES string of the molecule is Cc1ccc(-c2nc(NC(=O)CN(C)C(=O)c3ccco3)sc2-c2ccc(C)cc2)cc1. The molecule has 2 amide bonds. The van der Waals surface area contributed by atoms with E-state index in [1.54, 1.807) is 19.2 Å². The van der Waals surface area contributed by atoms with Crippen LogP contribution in [0.2, 0.25) is 0 Å². The van der Waals surface area contributed by atoms with Crippen molar-refractivity contribution in [2.45, 2.75) is 13.8 Å². The Morgan fingerprint density at radius 2 is 1.59 bits per heavy atom. The number of nitrogens with one attached hydrogen (secondary N) is 1. The van der Waals surface area contributed by atoms with Crippen LogP contribution in [0.3, 0.4) is 0 Å². The third kappa shape index (κ3) is 4.78. The number of nitrogens with zero attached hydrogens (tertiary/aromatic N) is 2. The van der Waals surface area contributed by atoms with Gasteiger partial charge in [0.1, 0.15) is 6.54 Å². The second kappa shape index (κ2) is 9.20. The highest BCUT2D eigenvalue weighted by atomic mass is 32.1. The predicted octanol–water partition coefficient (Wildman–Crippen LogP) is 5.40. The number of amides is 2. The zero-order valence-electron chi connectivity index (χ0n) is 18.1. The largest absolute Gasteiger partial charge is 0.459 e. The normalized spacial score (nSPS) is 10.7. The number of rotatable bonds is 6. The molecule has 0 fully saturated rings. The molecule has 2 heterocycles. The van der Waals surface area contributed by atoms with Crippen LogP contribution in [-0.2, 0) is 4.79 Å². The number of aromatic nitrogens is 1. The lowest BCUT2D eigenvalue weighted by Crippen LogP contribution is -2.34. The van der Waals surface area contributed by atoms with Crippen molar-refractivity contribution in [3.8, 4) is 21.7 Å². The van der Waals surface area contributed by atoms with Crippen molar-refractivity contribution in [3.63, 3.8) is 0 Å². The van der Waals surface area contributed by atoms with Gasteiger partial charge in [0, 0.05) is 12.6 Å². The van der Waals surface area contributed by atoms with Crippen molar-refractivity contribution >= 4 is 28.3 Å². The van der Waals surface area contributed by atoms with E-state index in [1.807, 2.05) is 38.1 Å². The molecule has 1 N–H and O–H groups in total. The van der Waals surface area contributed by atoms with Gasteiger partial charge in [0.25, 0.3) is 5.91 Å². The first-order valence-corrected chi connectivity index (χ1v) is 11.0. The Morgan fingerprint density at radius 1 is 0.969 bits per heavy atom. The van der Waals surface area contributed by atoms with Gasteiger partial charge in [-0.25, -0.2) is 4.98 Å². The maximum absolute atomic E-state index is 12.6. The average molecular weight is 446 g/mol. The van der Waals surface area contributed by atoms with Crippen LogP contribution in [0.4, 0.5) is 5.13 Å². The van der Waals surface area contributed by atoms with Gasteiger partial charge in [-0.3, -0.25) is 9.59 Å². The monoisotopic (exact) mass is 445 g/mol. The Labute approximate surface area is 190 Å². The van der Waals surface area contributed by atoms with Crippen molar-refractivity contribution in [3.05, 3.63) is 83.8 Å². The number of aryl methyl sites for hydroxylation is 2. The Hall–Kier alpha value is -3.71. The van der Waals surface area contributed by atoms with Crippen LogP contribution < -0.4 is 5.32 Å². The van der Waals surface area contributed by atoms with Gasteiger partial charge < -0.3 is 14.6 Å². The molecule has 4 rings (SSSR count). The Bertz CT molecular complexity index is 1160. The van der Waals surface area contributed by atoms with Crippen LogP contribution >= 0.6 is 11.3 Å². The summed E-state index contributed by atoms with van der Waals surface area (Å²) in [6, 6.07) is 19.6. The summed E-state index contributed by atoms with van der Waals surface area (Å²) < 4.78 is 5.12. The van der Waals surface area contributed by atoms with E-state index in [0.717, 1.165) is 21.7 Å². The maximum atomic E-state index is 12.6. The fourth-order valence-electron chi connectivity index (χ4n) is 3.22. The molecule has 6 nitrogen and oxygen atoms in total. The third-order valence-corrected chi connectivity index (χ3v) is 5.99. The van der Waals surface area contributed by atoms with E-state index in [1.165, 1.54) is 33.6 Å². The van der Waals surface area contributed by atoms with Crippen molar-refractivity contribution < 1.29 is 14.0 Å². The molecular weight excluding hydrogens is 422 g/mol. The molecule has 0 saturated heterocycles. The highest BCUT2D eigenvalue weighted by Crippen LogP contribution is 2.39. The Morgan fingerprint density at radius 3 is 2.19 bits per heavy atom. The van der Waals surface area contributed by atoms with Gasteiger partial charge in [-0.05, 0) is 31.5 Å². The van der Waals surface area contributed by atoms with Gasteiger partial charge in [0.2, 0.25) is 5.91 Å². The minimum absolute atomic E-state index is 0.112. The predicted molar refractivity (Wildman–Crippen MR) is 127 cm³/mol. The van der Waals surface area contributed by atoms with Crippen molar-refractivity contribution in [2.75, 3.05) is 18.9 Å². The lowest BCUT2D eigenvalue weighted by Gasteiger charge is -2.14. The molecule has 162 valence electrons. The fraction of sp³-hybridized carbons (Fsp3) is 0.160. The number of carbonyl (C=O) groups excluding carboxylic acids is 2. The number of hydrogen-bond acceptors (Lipinski definition) is 5. The Balaban J connectivity index is 1.58. The average Bonchev–Trinajstić information content (AvgIpc) is 3.45. The first kappa shape index (κ1) is 21.5. The number of anilines is 1. The smallest absolute Gasteiger partial charge is 0.289 e. The van der Waals surface area contributed by atoms with Gasteiger partial charge in [-0.1, -0.05) is 71.0 Å². The highest BCUT2D eigenvalue weighted by molar-refractivity contribution is 7.19. The summed E-state index contributed by atoms with van der Waals surface area (Å²) in [5, 5.41) is 3.33. The Kier molecular flexibility index (Phi) is 6.18. The van der Waals surface area contributed by atoms with E-state index < -0.39 is 0 Å². The molecule has 0 atom stereocenters. The number of furan rings is 1. The second-order valence-electron chi connectivity index (χ2n) is 7.62. The molecular formula is C25H23N3O3S. The van der Waals surface area contributed by atoms with Crippen LogP contribution in [0.25, 0.3) is 21.7 Å². The van der Waals surface area contributed by atoms with Gasteiger partial charge >= 0.3 is 0 Å². The van der Waals surface area contributed by atoms with E-state index in [2.05, 4.69) is 29.6 Å². The summed E-state index contributed by atoms with van der Waals surface area (Å²) in [5.41, 5.74) is 5.17. The van der Waals surface area contributed by atoms with E-state index in [-0.39, 0.29) is 24.1 Å². The molecule has 0 aliphatic rings. The number of thiazole rings is 1. The van der Waals surface area contributed by atoms with Gasteiger partial charge in [-0.2, -0.15) is 0 Å². The van der Waals surface area contributed by atoms with Crippen LogP contribution in [0.5, 0.6) is 0 Å². The lowest BCUT2D eigenvalue weighted by atomic mass is 10.0. The van der Waals surface area contributed by atoms with E-state index >= 15 is 0 Å². The van der Waals surface area contributed by atoms with Crippen LogP contribution in [0.1, 0.15) is 21.7 Å². The first-order chi connectivity index (χ1) is 15.4. The summed E-state index contributed by atoms with van der Waals surface area (Å²) >= 11 is 1.41. The molecule has 0 aliphatic heterocycles. The van der Waals surface area contributed by atoms with Crippen molar-refractivity contribution in [1.29, 1.82) is 0 Å². The standard InChI is InChI=1S/C25H23N3O3S/c1-16-6-10-18(11-7-16)22-23(19-12-8-17(2)9-13-19)32-25(27-22)26-21(29)15-28(3)24(30)20-5-4-14-31-20/h4-14H,15H2,1-3H3,(H,26,27,29). The first-order valence-electron chi connectivity index (χ1n) is 10.1. The van der Waals surface area contributed by atoms with Gasteiger partial charge in [0.15, 0.2) is 10.9 Å². The molecule has 4 aromatic rings. The fourth-order valence-corrected chi connectivity index (χ4v) is 4.22. The number of benzene rings is 2. The summed E-state index contributed by atoms with van der Waals surface area (Å²) in [5.74, 6) is -0.491. The number of hydrogen-bond donors (Lipinski definition) is 1. The van der Waals surface area contributed by atoms with Crippen LogP contribution in [0.15, 0.2) is 71.3 Å². The minimum Gasteiger partial charge on any atom is -0.459 e.